The summed E-state index contributed by atoms with van der Waals surface area (Å²) in [5.74, 6) is 1.10. The van der Waals surface area contributed by atoms with Gasteiger partial charge in [0.1, 0.15) is 12.4 Å². The molecule has 0 aromatic heterocycles. The molecule has 4 aliphatic rings. The fourth-order valence-corrected chi connectivity index (χ4v) is 5.17. The lowest BCUT2D eigenvalue weighted by Crippen LogP contribution is -2.46. The zero-order chi connectivity index (χ0) is 22.2. The van der Waals surface area contributed by atoms with Crippen LogP contribution in [-0.2, 0) is 16.1 Å². The van der Waals surface area contributed by atoms with Crippen LogP contribution in [0.5, 0.6) is 5.75 Å². The molecule has 4 heterocycles. The van der Waals surface area contributed by atoms with E-state index in [2.05, 4.69) is 21.9 Å². The van der Waals surface area contributed by atoms with Gasteiger partial charge in [-0.25, -0.2) is 0 Å². The van der Waals surface area contributed by atoms with Gasteiger partial charge in [0, 0.05) is 38.3 Å². The van der Waals surface area contributed by atoms with E-state index in [0.29, 0.717) is 32.9 Å². The van der Waals surface area contributed by atoms with Crippen LogP contribution < -0.4 is 4.74 Å². The number of piperidine rings is 1. The number of rotatable bonds is 3. The van der Waals surface area contributed by atoms with Gasteiger partial charge in [-0.1, -0.05) is 24.6 Å². The van der Waals surface area contributed by atoms with Crippen LogP contribution in [0.2, 0.25) is 0 Å². The third kappa shape index (κ3) is 6.22. The number of ether oxygens (including phenoxy) is 2. The number of aliphatic hydroxyl groups is 1. The molecule has 1 aromatic rings. The van der Waals surface area contributed by atoms with Crippen molar-refractivity contribution >= 4 is 5.91 Å². The van der Waals surface area contributed by atoms with E-state index in [1.807, 2.05) is 17.0 Å². The van der Waals surface area contributed by atoms with Gasteiger partial charge in [0.05, 0.1) is 26.3 Å². The van der Waals surface area contributed by atoms with E-state index in [1.54, 1.807) is 0 Å². The van der Waals surface area contributed by atoms with E-state index in [1.165, 1.54) is 5.56 Å². The summed E-state index contributed by atoms with van der Waals surface area (Å²) in [4.78, 5) is 19.7. The van der Waals surface area contributed by atoms with Crippen molar-refractivity contribution < 1.29 is 19.4 Å². The van der Waals surface area contributed by atoms with Crippen LogP contribution in [0.3, 0.4) is 0 Å². The summed E-state index contributed by atoms with van der Waals surface area (Å²) in [6.07, 6.45) is 5.12. The van der Waals surface area contributed by atoms with Gasteiger partial charge in [-0.05, 0) is 50.3 Å². The van der Waals surface area contributed by atoms with Crippen molar-refractivity contribution in [3.05, 3.63) is 29.8 Å². The zero-order valence-electron chi connectivity index (χ0n) is 19.3. The van der Waals surface area contributed by atoms with E-state index < -0.39 is 0 Å². The summed E-state index contributed by atoms with van der Waals surface area (Å²) >= 11 is 0. The molecule has 5 rings (SSSR count). The highest BCUT2D eigenvalue weighted by atomic mass is 16.5. The van der Waals surface area contributed by atoms with Crippen molar-refractivity contribution in [2.45, 2.75) is 38.6 Å². The van der Waals surface area contributed by atoms with Gasteiger partial charge in [0.15, 0.2) is 0 Å². The van der Waals surface area contributed by atoms with E-state index in [0.717, 1.165) is 77.1 Å². The molecule has 0 saturated carbocycles. The highest BCUT2D eigenvalue weighted by Crippen LogP contribution is 2.37. The monoisotopic (exact) mass is 445 g/mol. The Morgan fingerprint density at radius 3 is 2.50 bits per heavy atom. The van der Waals surface area contributed by atoms with Gasteiger partial charge in [-0.15, -0.1) is 0 Å². The predicted molar refractivity (Wildman–Crippen MR) is 124 cm³/mol. The number of benzene rings is 1. The maximum absolute atomic E-state index is 13.1. The SMILES string of the molecule is O=C(CN1CCOCC1)N1CCCCC2(CO)CCN(CC2)Cc2ccccc2OCC1. The lowest BCUT2D eigenvalue weighted by Gasteiger charge is -2.41. The molecule has 2 fully saturated rings. The molecule has 0 unspecified atom stereocenters. The second kappa shape index (κ2) is 11.5. The normalized spacial score (nSPS) is 28.3. The molecule has 2 bridgehead atoms. The summed E-state index contributed by atoms with van der Waals surface area (Å²) in [5, 5.41) is 10.2. The van der Waals surface area contributed by atoms with Crippen LogP contribution in [0.15, 0.2) is 24.3 Å². The number of amides is 1. The van der Waals surface area contributed by atoms with Gasteiger partial charge in [0.2, 0.25) is 5.91 Å². The van der Waals surface area contributed by atoms with Gasteiger partial charge >= 0.3 is 0 Å². The van der Waals surface area contributed by atoms with E-state index in [9.17, 15) is 9.90 Å². The Bertz CT molecular complexity index is 730. The van der Waals surface area contributed by atoms with Gasteiger partial charge < -0.3 is 19.5 Å². The first-order chi connectivity index (χ1) is 15.7. The topological polar surface area (TPSA) is 65.5 Å². The fraction of sp³-hybridized carbons (Fsp3) is 0.720. The summed E-state index contributed by atoms with van der Waals surface area (Å²) in [6, 6.07) is 8.26. The van der Waals surface area contributed by atoms with Crippen molar-refractivity contribution in [3.8, 4) is 5.75 Å². The Morgan fingerprint density at radius 1 is 0.938 bits per heavy atom. The Kier molecular flexibility index (Phi) is 8.41. The number of hydrogen-bond acceptors (Lipinski definition) is 6. The number of para-hydroxylation sites is 1. The van der Waals surface area contributed by atoms with Crippen LogP contribution in [0, 0.1) is 5.41 Å². The molecule has 1 N–H and O–H groups in total. The van der Waals surface area contributed by atoms with Crippen LogP contribution >= 0.6 is 0 Å². The summed E-state index contributed by atoms with van der Waals surface area (Å²) in [5.41, 5.74) is 1.24. The van der Waals surface area contributed by atoms with Crippen molar-refractivity contribution in [1.82, 2.24) is 14.7 Å². The third-order valence-corrected chi connectivity index (χ3v) is 7.44. The molecule has 2 saturated heterocycles. The first-order valence-electron chi connectivity index (χ1n) is 12.3. The van der Waals surface area contributed by atoms with Crippen molar-refractivity contribution in [2.75, 3.05) is 72.2 Å². The number of morpholine rings is 1. The average Bonchev–Trinajstić information content (AvgIpc) is 2.84. The minimum absolute atomic E-state index is 0.0370. The molecule has 1 amide bonds. The zero-order valence-corrected chi connectivity index (χ0v) is 19.3. The number of fused-ring (bicyclic) bond motifs is 9. The third-order valence-electron chi connectivity index (χ3n) is 7.44. The molecular weight excluding hydrogens is 406 g/mol. The van der Waals surface area contributed by atoms with Crippen molar-refractivity contribution in [2.24, 2.45) is 5.41 Å². The molecule has 1 aromatic carbocycles. The highest BCUT2D eigenvalue weighted by Gasteiger charge is 2.34. The van der Waals surface area contributed by atoms with E-state index in [4.69, 9.17) is 9.47 Å². The lowest BCUT2D eigenvalue weighted by atomic mass is 9.75. The predicted octanol–water partition coefficient (Wildman–Crippen LogP) is 1.98. The average molecular weight is 446 g/mol. The number of nitrogens with zero attached hydrogens (tertiary/aromatic N) is 3. The molecule has 178 valence electrons. The number of aliphatic hydroxyl groups excluding tert-OH is 1. The molecule has 32 heavy (non-hydrogen) atoms. The second-order valence-electron chi connectivity index (χ2n) is 9.62. The minimum Gasteiger partial charge on any atom is -0.491 e. The van der Waals surface area contributed by atoms with E-state index >= 15 is 0 Å². The van der Waals surface area contributed by atoms with Crippen LogP contribution in [-0.4, -0.2) is 98.0 Å². The molecular formula is C25H39N3O4. The van der Waals surface area contributed by atoms with Crippen molar-refractivity contribution in [3.63, 3.8) is 0 Å². The molecule has 7 nitrogen and oxygen atoms in total. The standard InChI is InChI=1S/C25H39N3O4/c29-21-25-7-3-4-10-28(24(30)20-27-13-16-31-17-14-27)15-18-32-23-6-2-1-5-22(23)19-26(11-8-25)12-9-25/h1-2,5-6,29H,3-4,7-21H2. The molecule has 0 radical (unpaired) electrons. The highest BCUT2D eigenvalue weighted by molar-refractivity contribution is 5.78. The second-order valence-corrected chi connectivity index (χ2v) is 9.62. The number of carbonyl (C=O) groups excluding carboxylic acids is 1. The summed E-state index contributed by atoms with van der Waals surface area (Å²) in [7, 11) is 0. The smallest absolute Gasteiger partial charge is 0.236 e. The van der Waals surface area contributed by atoms with Gasteiger partial charge in [-0.2, -0.15) is 0 Å². The Hall–Kier alpha value is -1.67. The maximum Gasteiger partial charge on any atom is 0.236 e. The molecule has 0 atom stereocenters. The minimum atomic E-state index is 0.0370. The van der Waals surface area contributed by atoms with Crippen LogP contribution in [0.25, 0.3) is 0 Å². The summed E-state index contributed by atoms with van der Waals surface area (Å²) < 4.78 is 11.6. The molecule has 4 aliphatic heterocycles. The Balaban J connectivity index is 1.45. The van der Waals surface area contributed by atoms with E-state index in [-0.39, 0.29) is 17.9 Å². The molecule has 7 heteroatoms. The van der Waals surface area contributed by atoms with Gasteiger partial charge in [0.25, 0.3) is 0 Å². The fourth-order valence-electron chi connectivity index (χ4n) is 5.17. The number of hydrogen-bond donors (Lipinski definition) is 1. The molecule has 0 aliphatic carbocycles. The Morgan fingerprint density at radius 2 is 1.72 bits per heavy atom. The first kappa shape index (κ1) is 23.5. The summed E-state index contributed by atoms with van der Waals surface area (Å²) in [6.45, 7) is 8.52. The first-order valence-corrected chi connectivity index (χ1v) is 12.3. The maximum atomic E-state index is 13.1. The largest absolute Gasteiger partial charge is 0.491 e. The number of carbonyl (C=O) groups is 1. The Labute approximate surface area is 192 Å². The van der Waals surface area contributed by atoms with Crippen molar-refractivity contribution in [1.29, 1.82) is 0 Å². The quantitative estimate of drug-likeness (QED) is 0.768. The van der Waals surface area contributed by atoms with Gasteiger partial charge in [-0.3, -0.25) is 14.6 Å². The lowest BCUT2D eigenvalue weighted by molar-refractivity contribution is -0.134. The van der Waals surface area contributed by atoms with Crippen LogP contribution in [0.1, 0.15) is 37.7 Å². The van der Waals surface area contributed by atoms with Crippen LogP contribution in [0.4, 0.5) is 0 Å². The molecule has 0 spiro atoms.